The number of hydrogen-bond donors (Lipinski definition) is 1. The summed E-state index contributed by atoms with van der Waals surface area (Å²) in [6.45, 7) is 4.05. The van der Waals surface area contributed by atoms with Crippen LogP contribution in [0.4, 0.5) is 0 Å². The molecular weight excluding hydrogens is 172 g/mol. The van der Waals surface area contributed by atoms with E-state index in [0.29, 0.717) is 0 Å². The lowest BCUT2D eigenvalue weighted by Crippen LogP contribution is -2.00. The van der Waals surface area contributed by atoms with E-state index in [1.807, 2.05) is 6.07 Å². The highest BCUT2D eigenvalue weighted by atomic mass is 14.9. The maximum atomic E-state index is 4.61. The molecule has 2 heterocycles. The van der Waals surface area contributed by atoms with Gasteiger partial charge in [-0.05, 0) is 24.1 Å². The number of nitrogens with zero attached hydrogens (tertiary/aromatic N) is 1. The van der Waals surface area contributed by atoms with E-state index < -0.39 is 0 Å². The number of aryl methyl sites for hydroxylation is 1. The van der Waals surface area contributed by atoms with Gasteiger partial charge < -0.3 is 5.32 Å². The standard InChI is InChI=1S/C12H12N2/c1-8-10-6-13-7-11(10)9-4-2-3-5-12(9)14-8/h2-5,13H,6-7H2,1H3. The average Bonchev–Trinajstić information content (AvgIpc) is 2.67. The molecule has 0 bridgehead atoms. The van der Waals surface area contributed by atoms with Gasteiger partial charge in [0.1, 0.15) is 0 Å². The Kier molecular flexibility index (Phi) is 1.58. The first kappa shape index (κ1) is 7.94. The molecule has 0 unspecified atom stereocenters. The van der Waals surface area contributed by atoms with Crippen LogP contribution in [0.1, 0.15) is 16.8 Å². The molecule has 1 aromatic carbocycles. The molecule has 1 aliphatic rings. The second kappa shape index (κ2) is 2.79. The number of benzene rings is 1. The molecule has 2 heteroatoms. The second-order valence-electron chi connectivity index (χ2n) is 3.78. The molecule has 0 saturated heterocycles. The number of para-hydroxylation sites is 1. The molecule has 0 spiro atoms. The fourth-order valence-electron chi connectivity index (χ4n) is 2.20. The third-order valence-electron chi connectivity index (χ3n) is 2.92. The van der Waals surface area contributed by atoms with Crippen LogP contribution in [0.15, 0.2) is 24.3 Å². The van der Waals surface area contributed by atoms with Crippen molar-refractivity contribution in [3.05, 3.63) is 41.1 Å². The molecule has 1 N–H and O–H groups in total. The highest BCUT2D eigenvalue weighted by Gasteiger charge is 2.16. The van der Waals surface area contributed by atoms with Gasteiger partial charge in [0.25, 0.3) is 0 Å². The molecule has 2 aromatic rings. The number of aromatic nitrogens is 1. The maximum Gasteiger partial charge on any atom is 0.0708 e. The van der Waals surface area contributed by atoms with Crippen LogP contribution in [0.2, 0.25) is 0 Å². The van der Waals surface area contributed by atoms with Crippen LogP contribution in [0.3, 0.4) is 0 Å². The SMILES string of the molecule is Cc1nc2ccccc2c2c1CNC2. The van der Waals surface area contributed by atoms with Crippen molar-refractivity contribution in [3.8, 4) is 0 Å². The lowest BCUT2D eigenvalue weighted by atomic mass is 10.0. The summed E-state index contributed by atoms with van der Waals surface area (Å²) in [5.74, 6) is 0. The van der Waals surface area contributed by atoms with Gasteiger partial charge >= 0.3 is 0 Å². The highest BCUT2D eigenvalue weighted by Crippen LogP contribution is 2.26. The number of nitrogens with one attached hydrogen (secondary N) is 1. The minimum Gasteiger partial charge on any atom is -0.309 e. The molecule has 0 fully saturated rings. The van der Waals surface area contributed by atoms with Crippen molar-refractivity contribution >= 4 is 10.9 Å². The Labute approximate surface area is 83.0 Å². The molecule has 0 atom stereocenters. The van der Waals surface area contributed by atoms with Crippen molar-refractivity contribution in [3.63, 3.8) is 0 Å². The molecule has 0 amide bonds. The summed E-state index contributed by atoms with van der Waals surface area (Å²) in [4.78, 5) is 4.61. The van der Waals surface area contributed by atoms with Crippen molar-refractivity contribution in [1.29, 1.82) is 0 Å². The quantitative estimate of drug-likeness (QED) is 0.678. The van der Waals surface area contributed by atoms with Crippen LogP contribution in [0.5, 0.6) is 0 Å². The highest BCUT2D eigenvalue weighted by molar-refractivity contribution is 5.84. The van der Waals surface area contributed by atoms with Crippen LogP contribution in [0, 0.1) is 6.92 Å². The number of rotatable bonds is 0. The molecule has 0 radical (unpaired) electrons. The van der Waals surface area contributed by atoms with Crippen LogP contribution < -0.4 is 5.32 Å². The fraction of sp³-hybridized carbons (Fsp3) is 0.250. The van der Waals surface area contributed by atoms with Gasteiger partial charge in [-0.1, -0.05) is 18.2 Å². The largest absolute Gasteiger partial charge is 0.309 e. The second-order valence-corrected chi connectivity index (χ2v) is 3.78. The van der Waals surface area contributed by atoms with Crippen LogP contribution in [0.25, 0.3) is 10.9 Å². The summed E-state index contributed by atoms with van der Waals surface area (Å²) in [6, 6.07) is 8.37. The van der Waals surface area contributed by atoms with Gasteiger partial charge in [-0.25, -0.2) is 0 Å². The molecule has 14 heavy (non-hydrogen) atoms. The van der Waals surface area contributed by atoms with Gasteiger partial charge in [-0.15, -0.1) is 0 Å². The topological polar surface area (TPSA) is 24.9 Å². The summed E-state index contributed by atoms with van der Waals surface area (Å²) >= 11 is 0. The monoisotopic (exact) mass is 184 g/mol. The molecule has 1 aromatic heterocycles. The zero-order chi connectivity index (χ0) is 9.54. The van der Waals surface area contributed by atoms with Crippen LogP contribution in [-0.2, 0) is 13.1 Å². The van der Waals surface area contributed by atoms with E-state index in [1.54, 1.807) is 0 Å². The van der Waals surface area contributed by atoms with Gasteiger partial charge in [0.05, 0.1) is 5.52 Å². The minimum absolute atomic E-state index is 0.971. The summed E-state index contributed by atoms with van der Waals surface area (Å²) in [6.07, 6.45) is 0. The van der Waals surface area contributed by atoms with E-state index in [9.17, 15) is 0 Å². The van der Waals surface area contributed by atoms with E-state index in [0.717, 1.165) is 18.6 Å². The molecule has 3 rings (SSSR count). The predicted molar refractivity (Wildman–Crippen MR) is 57.0 cm³/mol. The first-order valence-corrected chi connectivity index (χ1v) is 4.94. The predicted octanol–water partition coefficient (Wildman–Crippen LogP) is 2.15. The van der Waals surface area contributed by atoms with Crippen molar-refractivity contribution < 1.29 is 0 Å². The first-order valence-electron chi connectivity index (χ1n) is 4.94. The lowest BCUT2D eigenvalue weighted by molar-refractivity contribution is 0.763. The van der Waals surface area contributed by atoms with Crippen LogP contribution in [-0.4, -0.2) is 4.98 Å². The van der Waals surface area contributed by atoms with Gasteiger partial charge in [0.2, 0.25) is 0 Å². The fourth-order valence-corrected chi connectivity index (χ4v) is 2.20. The van der Waals surface area contributed by atoms with E-state index >= 15 is 0 Å². The van der Waals surface area contributed by atoms with E-state index in [1.165, 1.54) is 22.2 Å². The molecule has 1 aliphatic heterocycles. The third-order valence-corrected chi connectivity index (χ3v) is 2.92. The van der Waals surface area contributed by atoms with E-state index in [2.05, 4.69) is 35.4 Å². The summed E-state index contributed by atoms with van der Waals surface area (Å²) in [7, 11) is 0. The van der Waals surface area contributed by atoms with Crippen molar-refractivity contribution in [2.75, 3.05) is 0 Å². The zero-order valence-electron chi connectivity index (χ0n) is 8.17. The Hall–Kier alpha value is -1.41. The Morgan fingerprint density at radius 2 is 1.93 bits per heavy atom. The zero-order valence-corrected chi connectivity index (χ0v) is 8.17. The maximum absolute atomic E-state index is 4.61. The smallest absolute Gasteiger partial charge is 0.0708 e. The summed E-state index contributed by atoms with van der Waals surface area (Å²) in [5.41, 5.74) is 5.12. The normalized spacial score (nSPS) is 14.6. The number of fused-ring (bicyclic) bond motifs is 3. The van der Waals surface area contributed by atoms with Crippen molar-refractivity contribution in [2.24, 2.45) is 0 Å². The first-order chi connectivity index (χ1) is 6.86. The number of hydrogen-bond acceptors (Lipinski definition) is 2. The molecule has 0 saturated carbocycles. The Balaban J connectivity index is 2.46. The third kappa shape index (κ3) is 0.976. The lowest BCUT2D eigenvalue weighted by Gasteiger charge is -2.06. The Bertz CT molecular complexity index is 503. The van der Waals surface area contributed by atoms with E-state index in [-0.39, 0.29) is 0 Å². The van der Waals surface area contributed by atoms with Gasteiger partial charge in [0.15, 0.2) is 0 Å². The molecular formula is C12H12N2. The summed E-state index contributed by atoms with van der Waals surface area (Å²) in [5, 5.41) is 4.68. The van der Waals surface area contributed by atoms with Gasteiger partial charge in [-0.2, -0.15) is 0 Å². The van der Waals surface area contributed by atoms with E-state index in [4.69, 9.17) is 0 Å². The Morgan fingerprint density at radius 3 is 2.86 bits per heavy atom. The van der Waals surface area contributed by atoms with Crippen LogP contribution >= 0.6 is 0 Å². The minimum atomic E-state index is 0.971. The Morgan fingerprint density at radius 1 is 1.14 bits per heavy atom. The van der Waals surface area contributed by atoms with Crippen molar-refractivity contribution in [1.82, 2.24) is 10.3 Å². The summed E-state index contributed by atoms with van der Waals surface area (Å²) < 4.78 is 0. The van der Waals surface area contributed by atoms with Gasteiger partial charge in [0, 0.05) is 24.2 Å². The average molecular weight is 184 g/mol. The van der Waals surface area contributed by atoms with Gasteiger partial charge in [-0.3, -0.25) is 4.98 Å². The molecule has 2 nitrogen and oxygen atoms in total. The molecule has 0 aliphatic carbocycles. The molecule has 70 valence electrons. The number of pyridine rings is 1. The van der Waals surface area contributed by atoms with Crippen molar-refractivity contribution in [2.45, 2.75) is 20.0 Å².